The molecule has 0 spiro atoms. The smallest absolute Gasteiger partial charge is 0.341 e. The zero-order chi connectivity index (χ0) is 14.4. The Morgan fingerprint density at radius 2 is 2.21 bits per heavy atom. The number of esters is 1. The van der Waals surface area contributed by atoms with Crippen LogP contribution in [0.1, 0.15) is 36.8 Å². The van der Waals surface area contributed by atoms with Crippen molar-refractivity contribution in [3.63, 3.8) is 0 Å². The topological polar surface area (TPSA) is 84.3 Å². The van der Waals surface area contributed by atoms with Gasteiger partial charge in [-0.3, -0.25) is 0 Å². The van der Waals surface area contributed by atoms with Gasteiger partial charge in [0.05, 0.1) is 30.5 Å². The third-order valence-corrected chi connectivity index (χ3v) is 2.79. The molecule has 0 aliphatic carbocycles. The molecule has 0 aliphatic heterocycles. The molecule has 0 aliphatic rings. The molecular weight excluding hydrogens is 246 g/mol. The molecule has 1 rings (SSSR count). The van der Waals surface area contributed by atoms with Crippen LogP contribution in [0.5, 0.6) is 0 Å². The van der Waals surface area contributed by atoms with Crippen LogP contribution in [0.3, 0.4) is 0 Å². The fourth-order valence-corrected chi connectivity index (χ4v) is 1.53. The van der Waals surface area contributed by atoms with Gasteiger partial charge in [0.1, 0.15) is 0 Å². The minimum atomic E-state index is -0.422. The van der Waals surface area contributed by atoms with Crippen molar-refractivity contribution in [3.8, 4) is 0 Å². The molecule has 1 aromatic heterocycles. The summed E-state index contributed by atoms with van der Waals surface area (Å²) >= 11 is 0. The number of aromatic nitrogens is 2. The van der Waals surface area contributed by atoms with E-state index in [1.807, 2.05) is 13.8 Å². The molecule has 1 aromatic rings. The molecule has 1 unspecified atom stereocenters. The highest BCUT2D eigenvalue weighted by Gasteiger charge is 2.16. The predicted octanol–water partition coefficient (Wildman–Crippen LogP) is 1.39. The first-order valence-corrected chi connectivity index (χ1v) is 6.37. The lowest BCUT2D eigenvalue weighted by atomic mass is 10.1. The first-order valence-electron chi connectivity index (χ1n) is 6.37. The third kappa shape index (κ3) is 4.17. The first-order chi connectivity index (χ1) is 8.99. The van der Waals surface area contributed by atoms with Crippen molar-refractivity contribution in [2.45, 2.75) is 33.7 Å². The average Bonchev–Trinajstić information content (AvgIpc) is 2.35. The highest BCUT2D eigenvalue weighted by atomic mass is 16.5. The molecule has 0 amide bonds. The van der Waals surface area contributed by atoms with E-state index in [0.717, 1.165) is 0 Å². The van der Waals surface area contributed by atoms with Crippen LogP contribution in [0.2, 0.25) is 0 Å². The summed E-state index contributed by atoms with van der Waals surface area (Å²) in [7, 11) is 0. The number of ether oxygens (including phenoxy) is 1. The van der Waals surface area contributed by atoms with Crippen molar-refractivity contribution in [1.29, 1.82) is 0 Å². The van der Waals surface area contributed by atoms with Crippen molar-refractivity contribution < 1.29 is 14.6 Å². The van der Waals surface area contributed by atoms with E-state index in [2.05, 4.69) is 15.3 Å². The van der Waals surface area contributed by atoms with Crippen molar-refractivity contribution >= 4 is 11.9 Å². The van der Waals surface area contributed by atoms with Gasteiger partial charge in [-0.2, -0.15) is 0 Å². The summed E-state index contributed by atoms with van der Waals surface area (Å²) in [6.07, 6.45) is 1.44. The number of nitrogens with one attached hydrogen (secondary N) is 1. The lowest BCUT2D eigenvalue weighted by Gasteiger charge is -2.20. The maximum atomic E-state index is 11.6. The Labute approximate surface area is 113 Å². The van der Waals surface area contributed by atoms with Crippen LogP contribution in [0, 0.1) is 12.8 Å². The standard InChI is InChI=1S/C13H21N3O3/c1-5-19-12(18)10-6-14-13(15-9(10)4)16-11(7-17)8(2)3/h6,8,11,17H,5,7H2,1-4H3,(H,14,15,16). The van der Waals surface area contributed by atoms with E-state index in [1.165, 1.54) is 6.20 Å². The zero-order valence-corrected chi connectivity index (χ0v) is 11.8. The summed E-state index contributed by atoms with van der Waals surface area (Å²) in [5, 5.41) is 12.3. The molecule has 6 heteroatoms. The van der Waals surface area contributed by atoms with Crippen LogP contribution in [-0.4, -0.2) is 40.3 Å². The van der Waals surface area contributed by atoms with Gasteiger partial charge in [-0.25, -0.2) is 14.8 Å². The molecule has 19 heavy (non-hydrogen) atoms. The molecule has 0 fully saturated rings. The Kier molecular flexibility index (Phi) is 5.69. The lowest BCUT2D eigenvalue weighted by Crippen LogP contribution is -2.30. The number of aliphatic hydroxyl groups is 1. The van der Waals surface area contributed by atoms with Crippen LogP contribution in [0.4, 0.5) is 5.95 Å². The van der Waals surface area contributed by atoms with E-state index < -0.39 is 5.97 Å². The largest absolute Gasteiger partial charge is 0.462 e. The Morgan fingerprint density at radius 1 is 1.53 bits per heavy atom. The van der Waals surface area contributed by atoms with E-state index in [0.29, 0.717) is 23.8 Å². The van der Waals surface area contributed by atoms with Gasteiger partial charge in [0, 0.05) is 6.20 Å². The van der Waals surface area contributed by atoms with Crippen molar-refractivity contribution in [1.82, 2.24) is 9.97 Å². The van der Waals surface area contributed by atoms with Crippen LogP contribution >= 0.6 is 0 Å². The Bertz CT molecular complexity index is 435. The third-order valence-electron chi connectivity index (χ3n) is 2.79. The van der Waals surface area contributed by atoms with Crippen molar-refractivity contribution in [3.05, 3.63) is 17.5 Å². The van der Waals surface area contributed by atoms with E-state index in [-0.39, 0.29) is 18.6 Å². The molecule has 2 N–H and O–H groups in total. The van der Waals surface area contributed by atoms with E-state index in [4.69, 9.17) is 4.74 Å². The number of carbonyl (C=O) groups excluding carboxylic acids is 1. The number of aryl methyl sites for hydroxylation is 1. The first kappa shape index (κ1) is 15.4. The summed E-state index contributed by atoms with van der Waals surface area (Å²) in [5.41, 5.74) is 0.911. The van der Waals surface area contributed by atoms with Gasteiger partial charge < -0.3 is 15.2 Å². The highest BCUT2D eigenvalue weighted by molar-refractivity contribution is 5.90. The maximum Gasteiger partial charge on any atom is 0.341 e. The summed E-state index contributed by atoms with van der Waals surface area (Å²) in [4.78, 5) is 19.9. The van der Waals surface area contributed by atoms with Crippen molar-refractivity contribution in [2.24, 2.45) is 5.92 Å². The van der Waals surface area contributed by atoms with Crippen LogP contribution in [0.25, 0.3) is 0 Å². The van der Waals surface area contributed by atoms with Gasteiger partial charge in [-0.1, -0.05) is 13.8 Å². The average molecular weight is 267 g/mol. The zero-order valence-electron chi connectivity index (χ0n) is 11.8. The lowest BCUT2D eigenvalue weighted by molar-refractivity contribution is 0.0524. The SMILES string of the molecule is CCOC(=O)c1cnc(NC(CO)C(C)C)nc1C. The normalized spacial score (nSPS) is 12.3. The number of nitrogens with zero attached hydrogens (tertiary/aromatic N) is 2. The Balaban J connectivity index is 2.84. The number of hydrogen-bond acceptors (Lipinski definition) is 6. The number of aliphatic hydroxyl groups excluding tert-OH is 1. The van der Waals surface area contributed by atoms with E-state index in [1.54, 1.807) is 13.8 Å². The predicted molar refractivity (Wildman–Crippen MR) is 72.1 cm³/mol. The van der Waals surface area contributed by atoms with Gasteiger partial charge in [0.25, 0.3) is 0 Å². The molecule has 106 valence electrons. The fourth-order valence-electron chi connectivity index (χ4n) is 1.53. The van der Waals surface area contributed by atoms with Crippen molar-refractivity contribution in [2.75, 3.05) is 18.5 Å². The second kappa shape index (κ2) is 7.04. The van der Waals surface area contributed by atoms with E-state index >= 15 is 0 Å². The fraction of sp³-hybridized carbons (Fsp3) is 0.615. The molecule has 1 heterocycles. The van der Waals surface area contributed by atoms with Gasteiger partial charge in [0.15, 0.2) is 0 Å². The van der Waals surface area contributed by atoms with Crippen LogP contribution < -0.4 is 5.32 Å². The van der Waals surface area contributed by atoms with Crippen LogP contribution in [-0.2, 0) is 4.74 Å². The minimum absolute atomic E-state index is 0.000296. The summed E-state index contributed by atoms with van der Waals surface area (Å²) in [6, 6.07) is -0.118. The molecule has 0 saturated heterocycles. The molecule has 6 nitrogen and oxygen atoms in total. The molecule has 0 radical (unpaired) electrons. The van der Waals surface area contributed by atoms with Gasteiger partial charge in [-0.15, -0.1) is 0 Å². The number of hydrogen-bond donors (Lipinski definition) is 2. The second-order valence-electron chi connectivity index (χ2n) is 4.59. The molecule has 1 atom stereocenters. The summed E-state index contributed by atoms with van der Waals surface area (Å²) < 4.78 is 4.91. The Hall–Kier alpha value is -1.69. The number of rotatable bonds is 6. The molecule has 0 bridgehead atoms. The number of anilines is 1. The minimum Gasteiger partial charge on any atom is -0.462 e. The van der Waals surface area contributed by atoms with Crippen LogP contribution in [0.15, 0.2) is 6.20 Å². The van der Waals surface area contributed by atoms with E-state index in [9.17, 15) is 9.90 Å². The van der Waals surface area contributed by atoms with Gasteiger partial charge in [-0.05, 0) is 19.8 Å². The molecular formula is C13H21N3O3. The summed E-state index contributed by atoms with van der Waals surface area (Å²) in [5.74, 6) is 0.228. The number of carbonyl (C=O) groups is 1. The molecule has 0 saturated carbocycles. The monoisotopic (exact) mass is 267 g/mol. The van der Waals surface area contributed by atoms with Gasteiger partial charge >= 0.3 is 5.97 Å². The van der Waals surface area contributed by atoms with Gasteiger partial charge in [0.2, 0.25) is 5.95 Å². The second-order valence-corrected chi connectivity index (χ2v) is 4.59. The maximum absolute atomic E-state index is 11.6. The molecule has 0 aromatic carbocycles. The quantitative estimate of drug-likeness (QED) is 0.758. The summed E-state index contributed by atoms with van der Waals surface area (Å²) in [6.45, 7) is 7.78. The highest BCUT2D eigenvalue weighted by Crippen LogP contribution is 2.12. The Morgan fingerprint density at radius 3 is 2.68 bits per heavy atom.